The van der Waals surface area contributed by atoms with Gasteiger partial charge in [0.25, 0.3) is 0 Å². The van der Waals surface area contributed by atoms with Crippen LogP contribution >= 0.6 is 0 Å². The van der Waals surface area contributed by atoms with Crippen LogP contribution < -0.4 is 10.5 Å². The number of nitrogens with zero attached hydrogens (tertiary/aromatic N) is 1. The van der Waals surface area contributed by atoms with Crippen molar-refractivity contribution in [3.63, 3.8) is 0 Å². The summed E-state index contributed by atoms with van der Waals surface area (Å²) in [7, 11) is 1.88. The van der Waals surface area contributed by atoms with Crippen molar-refractivity contribution in [2.45, 2.75) is 32.7 Å². The van der Waals surface area contributed by atoms with Crippen LogP contribution in [0.5, 0.6) is 5.75 Å². The second-order valence-corrected chi connectivity index (χ2v) is 5.80. The van der Waals surface area contributed by atoms with Gasteiger partial charge in [-0.3, -0.25) is 4.79 Å². The molecule has 1 saturated carbocycles. The summed E-state index contributed by atoms with van der Waals surface area (Å²) in [6.45, 7) is 3.89. The lowest BCUT2D eigenvalue weighted by atomic mass is 9.95. The molecule has 1 amide bonds. The summed E-state index contributed by atoms with van der Waals surface area (Å²) in [6.07, 6.45) is 3.19. The molecule has 4 nitrogen and oxygen atoms in total. The Morgan fingerprint density at radius 3 is 2.67 bits per heavy atom. The topological polar surface area (TPSA) is 55.6 Å². The lowest BCUT2D eigenvalue weighted by Gasteiger charge is -2.24. The van der Waals surface area contributed by atoms with Crippen LogP contribution in [0, 0.1) is 11.8 Å². The van der Waals surface area contributed by atoms with Crippen molar-refractivity contribution in [3.05, 3.63) is 29.8 Å². The van der Waals surface area contributed by atoms with E-state index in [2.05, 4.69) is 0 Å². The molecule has 1 aliphatic carbocycles. The molecule has 0 aromatic heterocycles. The minimum atomic E-state index is 0.114. The minimum Gasteiger partial charge on any atom is -0.494 e. The van der Waals surface area contributed by atoms with Gasteiger partial charge >= 0.3 is 0 Å². The van der Waals surface area contributed by atoms with Crippen LogP contribution in [-0.4, -0.2) is 31.0 Å². The molecule has 2 atom stereocenters. The smallest absolute Gasteiger partial charge is 0.226 e. The summed E-state index contributed by atoms with van der Waals surface area (Å²) in [4.78, 5) is 14.4. The maximum absolute atomic E-state index is 12.5. The van der Waals surface area contributed by atoms with E-state index in [1.165, 1.54) is 0 Å². The Hall–Kier alpha value is -1.55. The second kappa shape index (κ2) is 7.46. The molecule has 1 aromatic rings. The number of hydrogen-bond acceptors (Lipinski definition) is 3. The van der Waals surface area contributed by atoms with Crippen LogP contribution in [0.1, 0.15) is 31.7 Å². The van der Waals surface area contributed by atoms with Crippen molar-refractivity contribution in [2.24, 2.45) is 17.6 Å². The molecule has 116 valence electrons. The molecule has 2 unspecified atom stereocenters. The van der Waals surface area contributed by atoms with E-state index in [-0.39, 0.29) is 11.8 Å². The van der Waals surface area contributed by atoms with Gasteiger partial charge in [0.1, 0.15) is 5.75 Å². The number of carbonyl (C=O) groups excluding carboxylic acids is 1. The molecular formula is C17H26N2O2. The van der Waals surface area contributed by atoms with E-state index in [0.29, 0.717) is 25.6 Å². The first-order valence-electron chi connectivity index (χ1n) is 7.82. The summed E-state index contributed by atoms with van der Waals surface area (Å²) in [6, 6.07) is 7.94. The van der Waals surface area contributed by atoms with Crippen molar-refractivity contribution in [1.82, 2.24) is 4.90 Å². The number of nitrogens with two attached hydrogens (primary N) is 1. The molecule has 0 radical (unpaired) electrons. The molecule has 0 spiro atoms. The lowest BCUT2D eigenvalue weighted by Crippen LogP contribution is -2.36. The average molecular weight is 290 g/mol. The molecule has 21 heavy (non-hydrogen) atoms. The van der Waals surface area contributed by atoms with Crippen molar-refractivity contribution in [2.75, 3.05) is 20.2 Å². The monoisotopic (exact) mass is 290 g/mol. The lowest BCUT2D eigenvalue weighted by molar-refractivity contribution is -0.135. The molecule has 0 bridgehead atoms. The van der Waals surface area contributed by atoms with E-state index in [0.717, 1.165) is 30.6 Å². The van der Waals surface area contributed by atoms with Crippen molar-refractivity contribution < 1.29 is 9.53 Å². The molecule has 4 heteroatoms. The maximum atomic E-state index is 12.5. The van der Waals surface area contributed by atoms with Crippen LogP contribution in [-0.2, 0) is 11.3 Å². The van der Waals surface area contributed by atoms with Gasteiger partial charge in [-0.2, -0.15) is 0 Å². The Morgan fingerprint density at radius 1 is 1.33 bits per heavy atom. The zero-order valence-electron chi connectivity index (χ0n) is 13.0. The van der Waals surface area contributed by atoms with Gasteiger partial charge in [-0.15, -0.1) is 0 Å². The number of rotatable bonds is 6. The SMILES string of the molecule is CCOc1ccc(CN(C)C(=O)C2CCCC2CN)cc1. The number of amides is 1. The molecule has 1 aliphatic rings. The summed E-state index contributed by atoms with van der Waals surface area (Å²) in [5, 5.41) is 0. The molecule has 0 heterocycles. The molecule has 2 N–H and O–H groups in total. The first-order valence-corrected chi connectivity index (χ1v) is 7.82. The van der Waals surface area contributed by atoms with Gasteiger partial charge in [0, 0.05) is 19.5 Å². The van der Waals surface area contributed by atoms with Crippen molar-refractivity contribution >= 4 is 5.91 Å². The largest absolute Gasteiger partial charge is 0.494 e. The Morgan fingerprint density at radius 2 is 2.05 bits per heavy atom. The zero-order valence-corrected chi connectivity index (χ0v) is 13.0. The quantitative estimate of drug-likeness (QED) is 0.875. The van der Waals surface area contributed by atoms with Crippen LogP contribution in [0.3, 0.4) is 0 Å². The fraction of sp³-hybridized carbons (Fsp3) is 0.588. The van der Waals surface area contributed by atoms with Gasteiger partial charge in [0.2, 0.25) is 5.91 Å². The third-order valence-electron chi connectivity index (χ3n) is 4.31. The van der Waals surface area contributed by atoms with Crippen molar-refractivity contribution in [3.8, 4) is 5.75 Å². The summed E-state index contributed by atoms with van der Waals surface area (Å²) >= 11 is 0. The van der Waals surface area contributed by atoms with Gasteiger partial charge in [-0.05, 0) is 49.9 Å². The zero-order chi connectivity index (χ0) is 15.2. The molecule has 0 saturated heterocycles. The highest BCUT2D eigenvalue weighted by molar-refractivity contribution is 5.79. The van der Waals surface area contributed by atoms with E-state index in [1.54, 1.807) is 0 Å². The highest BCUT2D eigenvalue weighted by atomic mass is 16.5. The van der Waals surface area contributed by atoms with E-state index >= 15 is 0 Å². The van der Waals surface area contributed by atoms with E-state index in [9.17, 15) is 4.79 Å². The van der Waals surface area contributed by atoms with Crippen LogP contribution in [0.2, 0.25) is 0 Å². The van der Waals surface area contributed by atoms with E-state index in [1.807, 2.05) is 43.1 Å². The highest BCUT2D eigenvalue weighted by Gasteiger charge is 2.33. The van der Waals surface area contributed by atoms with Gasteiger partial charge in [0.15, 0.2) is 0 Å². The second-order valence-electron chi connectivity index (χ2n) is 5.80. The Bertz CT molecular complexity index is 458. The highest BCUT2D eigenvalue weighted by Crippen LogP contribution is 2.32. The number of benzene rings is 1. The molecule has 1 fully saturated rings. The fourth-order valence-electron chi connectivity index (χ4n) is 3.14. The third kappa shape index (κ3) is 3.97. The summed E-state index contributed by atoms with van der Waals surface area (Å²) in [5.74, 6) is 1.58. The first kappa shape index (κ1) is 15.8. The normalized spacial score (nSPS) is 21.3. The van der Waals surface area contributed by atoms with Crippen LogP contribution in [0.4, 0.5) is 0 Å². The molecule has 1 aromatic carbocycles. The Labute approximate surface area is 127 Å². The molecular weight excluding hydrogens is 264 g/mol. The van der Waals surface area contributed by atoms with Crippen LogP contribution in [0.15, 0.2) is 24.3 Å². The Balaban J connectivity index is 1.93. The van der Waals surface area contributed by atoms with Crippen LogP contribution in [0.25, 0.3) is 0 Å². The van der Waals surface area contributed by atoms with Gasteiger partial charge in [0.05, 0.1) is 6.61 Å². The standard InChI is InChI=1S/C17H26N2O2/c1-3-21-15-9-7-13(8-10-15)12-19(2)17(20)16-6-4-5-14(16)11-18/h7-10,14,16H,3-6,11-12,18H2,1-2H3. The number of hydrogen-bond donors (Lipinski definition) is 1. The molecule has 2 rings (SSSR count). The van der Waals surface area contributed by atoms with E-state index in [4.69, 9.17) is 10.5 Å². The average Bonchev–Trinajstić information content (AvgIpc) is 2.97. The Kier molecular flexibility index (Phi) is 5.62. The number of carbonyl (C=O) groups is 1. The minimum absolute atomic E-state index is 0.114. The van der Waals surface area contributed by atoms with Crippen molar-refractivity contribution in [1.29, 1.82) is 0 Å². The summed E-state index contributed by atoms with van der Waals surface area (Å²) < 4.78 is 5.43. The van der Waals surface area contributed by atoms with Gasteiger partial charge in [-0.25, -0.2) is 0 Å². The number of ether oxygens (including phenoxy) is 1. The van der Waals surface area contributed by atoms with E-state index < -0.39 is 0 Å². The summed E-state index contributed by atoms with van der Waals surface area (Å²) in [5.41, 5.74) is 6.90. The predicted molar refractivity (Wildman–Crippen MR) is 84.0 cm³/mol. The molecule has 0 aliphatic heterocycles. The maximum Gasteiger partial charge on any atom is 0.226 e. The fourth-order valence-corrected chi connectivity index (χ4v) is 3.14. The third-order valence-corrected chi connectivity index (χ3v) is 4.31. The predicted octanol–water partition coefficient (Wildman–Crippen LogP) is 2.42. The van der Waals surface area contributed by atoms with Gasteiger partial charge < -0.3 is 15.4 Å². The first-order chi connectivity index (χ1) is 10.2. The van der Waals surface area contributed by atoms with Gasteiger partial charge in [-0.1, -0.05) is 18.6 Å².